The molecule has 0 spiro atoms. The quantitative estimate of drug-likeness (QED) is 0.903. The Kier molecular flexibility index (Phi) is 5.49. The number of rotatable bonds is 5. The summed E-state index contributed by atoms with van der Waals surface area (Å²) in [6.45, 7) is 2.56. The maximum absolute atomic E-state index is 11.8. The second kappa shape index (κ2) is 6.66. The van der Waals surface area contributed by atoms with E-state index in [4.69, 9.17) is 4.74 Å². The van der Waals surface area contributed by atoms with Gasteiger partial charge in [0.15, 0.2) is 0 Å². The van der Waals surface area contributed by atoms with Crippen molar-refractivity contribution in [3.8, 4) is 0 Å². The predicted molar refractivity (Wildman–Crippen MR) is 67.6 cm³/mol. The first-order valence-electron chi connectivity index (χ1n) is 5.22. The van der Waals surface area contributed by atoms with Crippen molar-refractivity contribution in [1.82, 2.24) is 5.32 Å². The Morgan fingerprint density at radius 2 is 2.06 bits per heavy atom. The molecule has 1 N–H and O–H groups in total. The number of carbonyl (C=O) groups is 1. The molecule has 0 fully saturated rings. The molecule has 4 heteroatoms. The molecule has 0 saturated heterocycles. The molecule has 1 atom stereocenters. The highest BCUT2D eigenvalue weighted by molar-refractivity contribution is 9.10. The minimum atomic E-state index is -0.0589. The molecule has 1 rings (SSSR count). The van der Waals surface area contributed by atoms with Gasteiger partial charge in [-0.2, -0.15) is 0 Å². The summed E-state index contributed by atoms with van der Waals surface area (Å²) >= 11 is 3.33. The fourth-order valence-corrected chi connectivity index (χ4v) is 1.60. The average molecular weight is 286 g/mol. The maximum atomic E-state index is 11.8. The number of hydrogen-bond acceptors (Lipinski definition) is 2. The number of benzene rings is 1. The van der Waals surface area contributed by atoms with Crippen LogP contribution in [0.2, 0.25) is 0 Å². The molecular weight excluding hydrogens is 270 g/mol. The molecule has 0 unspecified atom stereocenters. The van der Waals surface area contributed by atoms with Crippen molar-refractivity contribution in [1.29, 1.82) is 0 Å². The van der Waals surface area contributed by atoms with Crippen molar-refractivity contribution in [3.63, 3.8) is 0 Å². The fourth-order valence-electron chi connectivity index (χ4n) is 1.33. The minimum Gasteiger partial charge on any atom is -0.383 e. The van der Waals surface area contributed by atoms with Gasteiger partial charge in [-0.3, -0.25) is 4.79 Å². The molecule has 0 aromatic heterocycles. The van der Waals surface area contributed by atoms with E-state index in [0.717, 1.165) is 10.9 Å². The Hall–Kier alpha value is -0.870. The highest BCUT2D eigenvalue weighted by Gasteiger charge is 2.11. The first-order chi connectivity index (χ1) is 7.67. The second-order valence-electron chi connectivity index (χ2n) is 3.54. The molecule has 0 aliphatic carbocycles. The summed E-state index contributed by atoms with van der Waals surface area (Å²) in [5.41, 5.74) is 0.665. The summed E-state index contributed by atoms with van der Waals surface area (Å²) in [5.74, 6) is -0.0589. The van der Waals surface area contributed by atoms with Gasteiger partial charge in [0.05, 0.1) is 12.6 Å². The van der Waals surface area contributed by atoms with Gasteiger partial charge in [-0.1, -0.05) is 22.9 Å². The number of ether oxygens (including phenoxy) is 1. The lowest BCUT2D eigenvalue weighted by Crippen LogP contribution is -2.37. The maximum Gasteiger partial charge on any atom is 0.251 e. The third-order valence-electron chi connectivity index (χ3n) is 2.30. The first kappa shape index (κ1) is 13.2. The van der Waals surface area contributed by atoms with Crippen LogP contribution in [0.4, 0.5) is 0 Å². The SMILES string of the molecule is CC[C@@H](COC)NC(=O)c1ccc(Br)cc1. The molecule has 0 heterocycles. The molecule has 16 heavy (non-hydrogen) atoms. The zero-order valence-electron chi connectivity index (χ0n) is 9.50. The van der Waals surface area contributed by atoms with Gasteiger partial charge in [0, 0.05) is 17.1 Å². The third kappa shape index (κ3) is 3.94. The van der Waals surface area contributed by atoms with Gasteiger partial charge in [-0.15, -0.1) is 0 Å². The van der Waals surface area contributed by atoms with Crippen LogP contribution in [0.5, 0.6) is 0 Å². The third-order valence-corrected chi connectivity index (χ3v) is 2.83. The Bertz CT molecular complexity index is 337. The van der Waals surface area contributed by atoms with Crippen LogP contribution in [-0.2, 0) is 4.74 Å². The average Bonchev–Trinajstić information content (AvgIpc) is 2.29. The molecule has 0 aliphatic heterocycles. The molecule has 0 bridgehead atoms. The van der Waals surface area contributed by atoms with E-state index >= 15 is 0 Å². The summed E-state index contributed by atoms with van der Waals surface area (Å²) < 4.78 is 5.99. The number of carbonyl (C=O) groups excluding carboxylic acids is 1. The van der Waals surface area contributed by atoms with E-state index < -0.39 is 0 Å². The van der Waals surface area contributed by atoms with Crippen LogP contribution in [0.25, 0.3) is 0 Å². The van der Waals surface area contributed by atoms with E-state index in [1.165, 1.54) is 0 Å². The zero-order chi connectivity index (χ0) is 12.0. The van der Waals surface area contributed by atoms with Crippen LogP contribution in [0, 0.1) is 0 Å². The van der Waals surface area contributed by atoms with Crippen LogP contribution in [0.3, 0.4) is 0 Å². The van der Waals surface area contributed by atoms with Gasteiger partial charge in [-0.05, 0) is 30.7 Å². The van der Waals surface area contributed by atoms with Crippen LogP contribution < -0.4 is 5.32 Å². The van der Waals surface area contributed by atoms with E-state index in [2.05, 4.69) is 21.2 Å². The minimum absolute atomic E-state index is 0.0589. The molecule has 88 valence electrons. The highest BCUT2D eigenvalue weighted by Crippen LogP contribution is 2.10. The Morgan fingerprint density at radius 1 is 1.44 bits per heavy atom. The number of halogens is 1. The monoisotopic (exact) mass is 285 g/mol. The van der Waals surface area contributed by atoms with Gasteiger partial charge in [-0.25, -0.2) is 0 Å². The van der Waals surface area contributed by atoms with Crippen molar-refractivity contribution in [2.45, 2.75) is 19.4 Å². The summed E-state index contributed by atoms with van der Waals surface area (Å²) in [4.78, 5) is 11.8. The van der Waals surface area contributed by atoms with Gasteiger partial charge in [0.2, 0.25) is 0 Å². The lowest BCUT2D eigenvalue weighted by Gasteiger charge is -2.15. The van der Waals surface area contributed by atoms with Crippen LogP contribution in [-0.4, -0.2) is 25.7 Å². The molecule has 0 saturated carbocycles. The smallest absolute Gasteiger partial charge is 0.251 e. The van der Waals surface area contributed by atoms with Crippen molar-refractivity contribution < 1.29 is 9.53 Å². The number of methoxy groups -OCH3 is 1. The topological polar surface area (TPSA) is 38.3 Å². The standard InChI is InChI=1S/C12H16BrNO2/c1-3-11(8-16-2)14-12(15)9-4-6-10(13)7-5-9/h4-7,11H,3,8H2,1-2H3,(H,14,15)/t11-/m0/s1. The number of nitrogens with one attached hydrogen (secondary N) is 1. The van der Waals surface area contributed by atoms with Crippen LogP contribution in [0.1, 0.15) is 23.7 Å². The second-order valence-corrected chi connectivity index (χ2v) is 4.46. The molecular formula is C12H16BrNO2. The molecule has 1 amide bonds. The largest absolute Gasteiger partial charge is 0.383 e. The van der Waals surface area contributed by atoms with Gasteiger partial charge in [0.25, 0.3) is 5.91 Å². The van der Waals surface area contributed by atoms with E-state index in [1.807, 2.05) is 19.1 Å². The van der Waals surface area contributed by atoms with Crippen molar-refractivity contribution >= 4 is 21.8 Å². The van der Waals surface area contributed by atoms with E-state index in [1.54, 1.807) is 19.2 Å². The van der Waals surface area contributed by atoms with Gasteiger partial charge >= 0.3 is 0 Å². The lowest BCUT2D eigenvalue weighted by atomic mass is 10.2. The van der Waals surface area contributed by atoms with Crippen molar-refractivity contribution in [2.24, 2.45) is 0 Å². The Balaban J connectivity index is 2.60. The summed E-state index contributed by atoms with van der Waals surface area (Å²) in [7, 11) is 1.63. The van der Waals surface area contributed by atoms with E-state index in [0.29, 0.717) is 12.2 Å². The van der Waals surface area contributed by atoms with Crippen molar-refractivity contribution in [2.75, 3.05) is 13.7 Å². The van der Waals surface area contributed by atoms with E-state index in [9.17, 15) is 4.79 Å². The molecule has 0 aliphatic rings. The van der Waals surface area contributed by atoms with Crippen LogP contribution >= 0.6 is 15.9 Å². The normalized spacial score (nSPS) is 12.2. The Labute approximate surface area is 104 Å². The number of hydrogen-bond donors (Lipinski definition) is 1. The molecule has 1 aromatic rings. The number of amides is 1. The Morgan fingerprint density at radius 3 is 2.56 bits per heavy atom. The summed E-state index contributed by atoms with van der Waals surface area (Å²) in [6.07, 6.45) is 0.857. The predicted octanol–water partition coefficient (Wildman–Crippen LogP) is 2.60. The van der Waals surface area contributed by atoms with Crippen molar-refractivity contribution in [3.05, 3.63) is 34.3 Å². The fraction of sp³-hybridized carbons (Fsp3) is 0.417. The molecule has 0 radical (unpaired) electrons. The zero-order valence-corrected chi connectivity index (χ0v) is 11.1. The summed E-state index contributed by atoms with van der Waals surface area (Å²) in [5, 5.41) is 2.92. The van der Waals surface area contributed by atoms with Gasteiger partial charge < -0.3 is 10.1 Å². The molecule has 3 nitrogen and oxygen atoms in total. The van der Waals surface area contributed by atoms with Gasteiger partial charge in [0.1, 0.15) is 0 Å². The lowest BCUT2D eigenvalue weighted by molar-refractivity contribution is 0.0894. The van der Waals surface area contributed by atoms with Crippen LogP contribution in [0.15, 0.2) is 28.7 Å². The highest BCUT2D eigenvalue weighted by atomic mass is 79.9. The first-order valence-corrected chi connectivity index (χ1v) is 6.02. The molecule has 1 aromatic carbocycles. The summed E-state index contributed by atoms with van der Waals surface area (Å²) in [6, 6.07) is 7.36. The van der Waals surface area contributed by atoms with E-state index in [-0.39, 0.29) is 11.9 Å².